The Hall–Kier alpha value is -10.3. The summed E-state index contributed by atoms with van der Waals surface area (Å²) in [6.07, 6.45) is 0. The van der Waals surface area contributed by atoms with Crippen LogP contribution in [0.5, 0.6) is 0 Å². The lowest BCUT2D eigenvalue weighted by molar-refractivity contribution is 0.590. The zero-order valence-electron chi connectivity index (χ0n) is 50.6. The normalized spacial score (nSPS) is 14.0. The molecule has 88 heavy (non-hydrogen) atoms. The third-order valence-electron chi connectivity index (χ3n) is 20.0. The zero-order valence-corrected chi connectivity index (χ0v) is 50.6. The molecule has 2 nitrogen and oxygen atoms in total. The van der Waals surface area contributed by atoms with E-state index in [1.165, 1.54) is 121 Å². The summed E-state index contributed by atoms with van der Waals surface area (Å²) < 4.78 is 0. The van der Waals surface area contributed by atoms with Gasteiger partial charge in [-0.15, -0.1) is 0 Å². The second-order valence-electron chi connectivity index (χ2n) is 26.7. The third-order valence-corrected chi connectivity index (χ3v) is 20.0. The van der Waals surface area contributed by atoms with Gasteiger partial charge in [0.25, 0.3) is 0 Å². The van der Waals surface area contributed by atoms with Crippen molar-refractivity contribution in [1.82, 2.24) is 0 Å². The van der Waals surface area contributed by atoms with E-state index in [0.29, 0.717) is 0 Å². The number of fused-ring (bicyclic) bond motifs is 9. The summed E-state index contributed by atoms with van der Waals surface area (Å²) in [4.78, 5) is 4.99. The standard InChI is InChI=1S/C86H66N2/c1-83(2,3)57-35-43-62(44-36-57)87(64-47-39-60(40-48-64)85(59-19-8-7-9-20-59)74-27-14-10-21-66(74)67-22-11-15-28-75(67)85)78-53-33-55-32-52-73-79(54-34-56-31-51-72(78)80(55)81(56)73)88(63-45-37-58(38-46-63)84(4,5)6)65-49-41-61(42-50-65)86-76-29-16-12-23-68(76)70-25-18-26-71(82(70)86)69-24-13-17-30-77(69)86/h7-54H,1-6H3. The molecular formula is C86H66N2. The summed E-state index contributed by atoms with van der Waals surface area (Å²) in [6, 6.07) is 111. The maximum Gasteiger partial charge on any atom is 0.0725 e. The Balaban J connectivity index is 0.841. The summed E-state index contributed by atoms with van der Waals surface area (Å²) in [5.41, 5.74) is 26.8. The van der Waals surface area contributed by atoms with Crippen LogP contribution in [-0.4, -0.2) is 0 Å². The Bertz CT molecular complexity index is 4700. The molecule has 2 heteroatoms. The van der Waals surface area contributed by atoms with Crippen LogP contribution in [0.2, 0.25) is 0 Å². The fourth-order valence-electron chi connectivity index (χ4n) is 16.0. The quantitative estimate of drug-likeness (QED) is 0.133. The molecule has 0 aliphatic heterocycles. The van der Waals surface area contributed by atoms with E-state index in [9.17, 15) is 0 Å². The van der Waals surface area contributed by atoms with E-state index < -0.39 is 10.8 Å². The highest BCUT2D eigenvalue weighted by molar-refractivity contribution is 6.28. The number of anilines is 6. The van der Waals surface area contributed by atoms with Crippen molar-refractivity contribution in [3.05, 3.63) is 347 Å². The molecule has 14 aromatic carbocycles. The average Bonchev–Trinajstić information content (AvgIpc) is 1.51. The summed E-state index contributed by atoms with van der Waals surface area (Å²) in [7, 11) is 0. The van der Waals surface area contributed by atoms with Gasteiger partial charge in [0.05, 0.1) is 22.2 Å². The minimum Gasteiger partial charge on any atom is -0.310 e. The first-order chi connectivity index (χ1) is 42.9. The van der Waals surface area contributed by atoms with Crippen molar-refractivity contribution in [3.8, 4) is 33.4 Å². The minimum absolute atomic E-state index is 0.000317. The van der Waals surface area contributed by atoms with E-state index in [4.69, 9.17) is 0 Å². The maximum absolute atomic E-state index is 2.50. The number of hydrogen-bond acceptors (Lipinski definition) is 2. The predicted octanol–water partition coefficient (Wildman–Crippen LogP) is 22.8. The van der Waals surface area contributed by atoms with Gasteiger partial charge in [0, 0.05) is 33.5 Å². The SMILES string of the molecule is CC(C)(C)c1ccc(N(c2ccc(C3(c4ccccc4)c4ccccc4-c4ccccc43)cc2)c2ccc3ccc4c(N(c5ccc(C(C)(C)C)cc5)c5ccc(C67c8ccccc8-c8cccc(c86)-c6ccccc67)cc5)ccc5ccc2c3c54)cc1. The van der Waals surface area contributed by atoms with Gasteiger partial charge >= 0.3 is 0 Å². The molecule has 0 saturated carbocycles. The van der Waals surface area contributed by atoms with Crippen molar-refractivity contribution in [2.45, 2.75) is 63.2 Å². The Morgan fingerprint density at radius 1 is 0.250 bits per heavy atom. The van der Waals surface area contributed by atoms with Crippen LogP contribution in [0.3, 0.4) is 0 Å². The van der Waals surface area contributed by atoms with Crippen LogP contribution in [-0.2, 0) is 21.7 Å². The Morgan fingerprint density at radius 2 is 0.557 bits per heavy atom. The first-order valence-electron chi connectivity index (χ1n) is 31.2. The number of benzene rings is 14. The summed E-state index contributed by atoms with van der Waals surface area (Å²) in [5, 5.41) is 7.36. The van der Waals surface area contributed by atoms with Crippen molar-refractivity contribution in [2.75, 3.05) is 9.80 Å². The lowest BCUT2D eigenvalue weighted by atomic mass is 9.68. The smallest absolute Gasteiger partial charge is 0.0725 e. The lowest BCUT2D eigenvalue weighted by Crippen LogP contribution is -2.28. The molecule has 0 amide bonds. The molecule has 3 aliphatic carbocycles. The van der Waals surface area contributed by atoms with Gasteiger partial charge in [-0.05, 0) is 182 Å². The molecule has 0 N–H and O–H groups in total. The fraction of sp³-hybridized carbons (Fsp3) is 0.116. The van der Waals surface area contributed by atoms with Gasteiger partial charge in [0.15, 0.2) is 0 Å². The summed E-state index contributed by atoms with van der Waals surface area (Å²) in [5.74, 6) is 0. The summed E-state index contributed by atoms with van der Waals surface area (Å²) in [6.45, 7) is 13.8. The lowest BCUT2D eigenvalue weighted by Gasteiger charge is -2.34. The van der Waals surface area contributed by atoms with Gasteiger partial charge < -0.3 is 9.80 Å². The number of rotatable bonds is 9. The second kappa shape index (κ2) is 19.1. The summed E-state index contributed by atoms with van der Waals surface area (Å²) >= 11 is 0. The molecule has 0 bridgehead atoms. The van der Waals surface area contributed by atoms with E-state index >= 15 is 0 Å². The van der Waals surface area contributed by atoms with Crippen LogP contribution < -0.4 is 9.80 Å². The van der Waals surface area contributed by atoms with E-state index in [2.05, 4.69) is 343 Å². The van der Waals surface area contributed by atoms with Gasteiger partial charge in [0.1, 0.15) is 0 Å². The van der Waals surface area contributed by atoms with Crippen molar-refractivity contribution < 1.29 is 0 Å². The minimum atomic E-state index is -0.498. The topological polar surface area (TPSA) is 6.48 Å². The van der Waals surface area contributed by atoms with Gasteiger partial charge in [-0.2, -0.15) is 0 Å². The van der Waals surface area contributed by atoms with Crippen molar-refractivity contribution in [1.29, 1.82) is 0 Å². The molecule has 0 heterocycles. The van der Waals surface area contributed by atoms with Crippen LogP contribution in [0.15, 0.2) is 291 Å². The second-order valence-corrected chi connectivity index (χ2v) is 26.7. The Kier molecular flexibility index (Phi) is 11.3. The molecule has 17 rings (SSSR count). The first kappa shape index (κ1) is 52.1. The third kappa shape index (κ3) is 7.36. The maximum atomic E-state index is 2.50. The van der Waals surface area contributed by atoms with Gasteiger partial charge in [-0.1, -0.05) is 272 Å². The average molecular weight is 1130 g/mol. The van der Waals surface area contributed by atoms with Gasteiger partial charge in [-0.3, -0.25) is 0 Å². The van der Waals surface area contributed by atoms with Crippen molar-refractivity contribution in [2.24, 2.45) is 0 Å². The fourth-order valence-corrected chi connectivity index (χ4v) is 16.0. The molecule has 0 radical (unpaired) electrons. The van der Waals surface area contributed by atoms with Gasteiger partial charge in [-0.25, -0.2) is 0 Å². The molecule has 3 aliphatic rings. The first-order valence-corrected chi connectivity index (χ1v) is 31.2. The molecule has 0 saturated heterocycles. The molecule has 420 valence electrons. The molecule has 0 aromatic heterocycles. The van der Waals surface area contributed by atoms with Gasteiger partial charge in [0.2, 0.25) is 0 Å². The van der Waals surface area contributed by atoms with E-state index in [1.807, 2.05) is 0 Å². The zero-order chi connectivity index (χ0) is 59.3. The van der Waals surface area contributed by atoms with Crippen LogP contribution in [0, 0.1) is 0 Å². The van der Waals surface area contributed by atoms with Crippen molar-refractivity contribution >= 4 is 66.4 Å². The highest BCUT2D eigenvalue weighted by atomic mass is 15.1. The Morgan fingerprint density at radius 3 is 0.955 bits per heavy atom. The molecule has 0 fully saturated rings. The van der Waals surface area contributed by atoms with Crippen molar-refractivity contribution in [3.63, 3.8) is 0 Å². The molecule has 0 atom stereocenters. The van der Waals surface area contributed by atoms with Crippen LogP contribution in [0.4, 0.5) is 34.1 Å². The van der Waals surface area contributed by atoms with E-state index in [-0.39, 0.29) is 10.8 Å². The predicted molar refractivity (Wildman–Crippen MR) is 371 cm³/mol. The van der Waals surface area contributed by atoms with Crippen LogP contribution in [0.25, 0.3) is 65.7 Å². The molecule has 0 unspecified atom stereocenters. The van der Waals surface area contributed by atoms with Crippen LogP contribution >= 0.6 is 0 Å². The molecular weight excluding hydrogens is 1060 g/mol. The highest BCUT2D eigenvalue weighted by Crippen LogP contribution is 2.64. The monoisotopic (exact) mass is 1130 g/mol. The van der Waals surface area contributed by atoms with Crippen LogP contribution in [0.1, 0.15) is 97.2 Å². The number of hydrogen-bond donors (Lipinski definition) is 0. The van der Waals surface area contributed by atoms with E-state index in [0.717, 1.165) is 34.1 Å². The van der Waals surface area contributed by atoms with E-state index in [1.54, 1.807) is 0 Å². The number of nitrogens with zero attached hydrogens (tertiary/aromatic N) is 2. The molecule has 0 spiro atoms. The molecule has 14 aromatic rings. The Labute approximate surface area is 516 Å². The highest BCUT2D eigenvalue weighted by Gasteiger charge is 2.52. The largest absolute Gasteiger partial charge is 0.310 e.